The normalized spacial score (nSPS) is 18.5. The summed E-state index contributed by atoms with van der Waals surface area (Å²) in [6, 6.07) is 3.73. The molecule has 35 heavy (non-hydrogen) atoms. The van der Waals surface area contributed by atoms with Crippen molar-refractivity contribution in [1.29, 1.82) is 0 Å². The summed E-state index contributed by atoms with van der Waals surface area (Å²) in [5.74, 6) is -0.435. The predicted octanol–water partition coefficient (Wildman–Crippen LogP) is 3.16. The Balaban J connectivity index is 1.47. The van der Waals surface area contributed by atoms with Crippen LogP contribution in [0.4, 0.5) is 0 Å². The third kappa shape index (κ3) is 6.21. The van der Waals surface area contributed by atoms with Crippen molar-refractivity contribution in [2.45, 2.75) is 78.2 Å². The number of hydrogen-bond acceptors (Lipinski definition) is 8. The molecule has 1 aliphatic rings. The first-order valence-corrected chi connectivity index (χ1v) is 11.9. The lowest BCUT2D eigenvalue weighted by atomic mass is 9.87. The molecule has 1 aliphatic carbocycles. The molecule has 0 spiro atoms. The van der Waals surface area contributed by atoms with E-state index < -0.39 is 5.97 Å². The van der Waals surface area contributed by atoms with Gasteiger partial charge in [0.1, 0.15) is 17.1 Å². The number of aliphatic carboxylic acids is 1. The number of hydrogen-bond donors (Lipinski definition) is 1. The zero-order valence-electron chi connectivity index (χ0n) is 20.9. The molecule has 11 heteroatoms. The van der Waals surface area contributed by atoms with E-state index in [2.05, 4.69) is 20.6 Å². The third-order valence-electron chi connectivity index (χ3n) is 6.04. The highest BCUT2D eigenvalue weighted by molar-refractivity contribution is 5.70. The van der Waals surface area contributed by atoms with Crippen LogP contribution >= 0.6 is 0 Å². The number of carboxylic acids is 1. The van der Waals surface area contributed by atoms with E-state index in [4.69, 9.17) is 14.5 Å². The summed E-state index contributed by atoms with van der Waals surface area (Å²) in [5, 5.41) is 26.3. The smallest absolute Gasteiger partial charge is 0.306 e. The van der Waals surface area contributed by atoms with Gasteiger partial charge < -0.3 is 14.6 Å². The van der Waals surface area contributed by atoms with Crippen LogP contribution in [-0.4, -0.2) is 57.8 Å². The molecule has 3 aromatic rings. The van der Waals surface area contributed by atoms with E-state index in [-0.39, 0.29) is 17.6 Å². The molecule has 0 unspecified atom stereocenters. The van der Waals surface area contributed by atoms with Crippen molar-refractivity contribution in [2.24, 2.45) is 13.0 Å². The van der Waals surface area contributed by atoms with E-state index in [1.54, 1.807) is 9.36 Å². The van der Waals surface area contributed by atoms with Crippen LogP contribution in [0.25, 0.3) is 11.4 Å². The number of aromatic nitrogens is 7. The largest absolute Gasteiger partial charge is 0.489 e. The highest BCUT2D eigenvalue weighted by Crippen LogP contribution is 2.30. The molecule has 0 aliphatic heterocycles. The molecular formula is C24H33N7O4. The van der Waals surface area contributed by atoms with Crippen LogP contribution in [0.2, 0.25) is 0 Å². The highest BCUT2D eigenvalue weighted by Gasteiger charge is 2.28. The Bertz CT molecular complexity index is 1180. The Morgan fingerprint density at radius 3 is 2.71 bits per heavy atom. The summed E-state index contributed by atoms with van der Waals surface area (Å²) in [6.07, 6.45) is 4.66. The molecular weight excluding hydrogens is 450 g/mol. The van der Waals surface area contributed by atoms with E-state index in [9.17, 15) is 9.90 Å². The Morgan fingerprint density at radius 2 is 2.00 bits per heavy atom. The molecule has 4 rings (SSSR count). The lowest BCUT2D eigenvalue weighted by Gasteiger charge is -2.27. The number of carboxylic acid groups (broad SMARTS) is 1. The summed E-state index contributed by atoms with van der Waals surface area (Å²) in [4.78, 5) is 16.1. The van der Waals surface area contributed by atoms with Gasteiger partial charge in [-0.2, -0.15) is 0 Å². The van der Waals surface area contributed by atoms with E-state index >= 15 is 0 Å². The van der Waals surface area contributed by atoms with Gasteiger partial charge in [-0.25, -0.2) is 14.3 Å². The quantitative estimate of drug-likeness (QED) is 0.513. The van der Waals surface area contributed by atoms with Crippen LogP contribution in [0.15, 0.2) is 18.3 Å². The molecule has 3 heterocycles. The minimum atomic E-state index is -0.750. The first-order valence-electron chi connectivity index (χ1n) is 11.9. The summed E-state index contributed by atoms with van der Waals surface area (Å²) < 4.78 is 15.4. The summed E-state index contributed by atoms with van der Waals surface area (Å²) in [7, 11) is 1.83. The molecule has 0 radical (unpaired) electrons. The molecule has 1 fully saturated rings. The van der Waals surface area contributed by atoms with Crippen molar-refractivity contribution in [3.63, 3.8) is 0 Å². The molecule has 0 amide bonds. The Kier molecular flexibility index (Phi) is 7.15. The molecule has 0 bridgehead atoms. The molecule has 0 saturated heterocycles. The standard InChI is InChI=1S/C24H33N7O4/c1-15-21(35-18-8-6-7-16(11-18)23(32)33)10-9-19(25-15)22-20(30(5)28-27-22)13-31-12-17(26-29-31)14-34-24(2,3)4/h9-10,12,16,18H,6-8,11,13-14H2,1-5H3,(H,32,33)/t16-,18-/m0/s1. The predicted molar refractivity (Wildman–Crippen MR) is 127 cm³/mol. The minimum absolute atomic E-state index is 0.118. The van der Waals surface area contributed by atoms with Gasteiger partial charge in [-0.05, 0) is 65.5 Å². The van der Waals surface area contributed by atoms with Crippen molar-refractivity contribution in [2.75, 3.05) is 0 Å². The second-order valence-corrected chi connectivity index (χ2v) is 10.0. The molecule has 1 N–H and O–H groups in total. The zero-order chi connectivity index (χ0) is 25.2. The molecule has 3 aromatic heterocycles. The van der Waals surface area contributed by atoms with Crippen LogP contribution in [0.3, 0.4) is 0 Å². The molecule has 1 saturated carbocycles. The maximum absolute atomic E-state index is 11.4. The van der Waals surface area contributed by atoms with Gasteiger partial charge in [-0.1, -0.05) is 10.4 Å². The van der Waals surface area contributed by atoms with Crippen LogP contribution in [0, 0.1) is 12.8 Å². The number of ether oxygens (including phenoxy) is 2. The van der Waals surface area contributed by atoms with Crippen LogP contribution in [0.5, 0.6) is 5.75 Å². The van der Waals surface area contributed by atoms with Gasteiger partial charge >= 0.3 is 5.97 Å². The third-order valence-corrected chi connectivity index (χ3v) is 6.04. The first kappa shape index (κ1) is 24.8. The summed E-state index contributed by atoms with van der Waals surface area (Å²) in [5.41, 5.74) is 3.40. The van der Waals surface area contributed by atoms with Gasteiger partial charge in [0.25, 0.3) is 0 Å². The Labute approximate surface area is 204 Å². The Hall–Kier alpha value is -3.34. The van der Waals surface area contributed by atoms with E-state index in [1.807, 2.05) is 53.1 Å². The second kappa shape index (κ2) is 10.1. The fraction of sp³-hybridized carbons (Fsp3) is 0.583. The van der Waals surface area contributed by atoms with Crippen molar-refractivity contribution in [3.05, 3.63) is 35.4 Å². The van der Waals surface area contributed by atoms with Crippen LogP contribution < -0.4 is 4.74 Å². The van der Waals surface area contributed by atoms with Gasteiger partial charge in [-0.15, -0.1) is 10.2 Å². The second-order valence-electron chi connectivity index (χ2n) is 10.0. The minimum Gasteiger partial charge on any atom is -0.489 e. The van der Waals surface area contributed by atoms with E-state index in [0.29, 0.717) is 43.1 Å². The molecule has 0 aromatic carbocycles. The van der Waals surface area contributed by atoms with Crippen molar-refractivity contribution >= 4 is 5.97 Å². The first-order chi connectivity index (χ1) is 16.6. The van der Waals surface area contributed by atoms with Gasteiger partial charge in [0, 0.05) is 7.05 Å². The number of rotatable bonds is 8. The fourth-order valence-corrected chi connectivity index (χ4v) is 4.14. The lowest BCUT2D eigenvalue weighted by Crippen LogP contribution is -2.29. The summed E-state index contributed by atoms with van der Waals surface area (Å²) >= 11 is 0. The maximum atomic E-state index is 11.4. The topological polar surface area (TPSA) is 130 Å². The monoisotopic (exact) mass is 483 g/mol. The average Bonchev–Trinajstić information content (AvgIpc) is 3.40. The maximum Gasteiger partial charge on any atom is 0.306 e. The van der Waals surface area contributed by atoms with Crippen molar-refractivity contribution < 1.29 is 19.4 Å². The molecule has 11 nitrogen and oxygen atoms in total. The van der Waals surface area contributed by atoms with Gasteiger partial charge in [0.15, 0.2) is 0 Å². The number of carbonyl (C=O) groups is 1. The van der Waals surface area contributed by atoms with Crippen LogP contribution in [-0.2, 0) is 29.7 Å². The van der Waals surface area contributed by atoms with Crippen LogP contribution in [0.1, 0.15) is 63.5 Å². The van der Waals surface area contributed by atoms with Gasteiger partial charge in [0.05, 0.1) is 54.1 Å². The van der Waals surface area contributed by atoms with E-state index in [1.165, 1.54) is 0 Å². The molecule has 188 valence electrons. The molecule has 2 atom stereocenters. The fourth-order valence-electron chi connectivity index (χ4n) is 4.14. The lowest BCUT2D eigenvalue weighted by molar-refractivity contribution is -0.143. The summed E-state index contributed by atoms with van der Waals surface area (Å²) in [6.45, 7) is 8.69. The SMILES string of the molecule is Cc1nc(-c2nnn(C)c2Cn2cc(COC(C)(C)C)nn2)ccc1O[C@H]1CCC[C@H](C(=O)O)C1. The number of aryl methyl sites for hydroxylation is 2. The number of pyridine rings is 1. The van der Waals surface area contributed by atoms with Crippen molar-refractivity contribution in [3.8, 4) is 17.1 Å². The Morgan fingerprint density at radius 1 is 1.20 bits per heavy atom. The van der Waals surface area contributed by atoms with E-state index in [0.717, 1.165) is 29.9 Å². The average molecular weight is 484 g/mol. The van der Waals surface area contributed by atoms with Crippen molar-refractivity contribution in [1.82, 2.24) is 35.0 Å². The zero-order valence-corrected chi connectivity index (χ0v) is 20.9. The number of nitrogens with zero attached hydrogens (tertiary/aromatic N) is 7. The van der Waals surface area contributed by atoms with Gasteiger partial charge in [0.2, 0.25) is 0 Å². The van der Waals surface area contributed by atoms with Gasteiger partial charge in [-0.3, -0.25) is 4.79 Å². The highest BCUT2D eigenvalue weighted by atomic mass is 16.5.